The third kappa shape index (κ3) is 5.88. The number of carbonyl (C=O) groups excluding carboxylic acids is 2. The Morgan fingerprint density at radius 2 is 2.08 bits per heavy atom. The molecule has 0 bridgehead atoms. The molecule has 9 nitrogen and oxygen atoms in total. The number of para-hydroxylation sites is 1. The Bertz CT molecular complexity index is 1330. The molecule has 0 saturated carbocycles. The lowest BCUT2D eigenvalue weighted by atomic mass is 10.1. The fourth-order valence-corrected chi connectivity index (χ4v) is 4.29. The molecule has 2 aromatic carbocycles. The number of methoxy groups -OCH3 is 1. The minimum atomic E-state index is -0.138. The Labute approximate surface area is 216 Å². The van der Waals surface area contributed by atoms with E-state index >= 15 is 0 Å². The molecule has 0 aliphatic carbocycles. The van der Waals surface area contributed by atoms with E-state index in [2.05, 4.69) is 16.9 Å². The number of amides is 1. The van der Waals surface area contributed by atoms with Crippen LogP contribution >= 0.6 is 0 Å². The van der Waals surface area contributed by atoms with Gasteiger partial charge in [-0.15, -0.1) is 0 Å². The fraction of sp³-hybridized carbons (Fsp3) is 0.286. The number of anilines is 2. The molecule has 1 N–H and O–H groups in total. The predicted molar refractivity (Wildman–Crippen MR) is 144 cm³/mol. The molecular formula is C28H31N5O4. The number of nitrogens with one attached hydrogen (secondary N) is 1. The SMILES string of the molecule is C=C(CCCOc1cc(N=CC2Cc3ccccc3N2C=O)c(C)cc1OC)Nc1cn(C)c(C=O)n1. The van der Waals surface area contributed by atoms with E-state index in [9.17, 15) is 9.59 Å². The van der Waals surface area contributed by atoms with Crippen LogP contribution in [0.1, 0.15) is 34.6 Å². The van der Waals surface area contributed by atoms with Crippen LogP contribution in [0.3, 0.4) is 0 Å². The second-order valence-electron chi connectivity index (χ2n) is 8.87. The van der Waals surface area contributed by atoms with Gasteiger partial charge in [-0.1, -0.05) is 24.8 Å². The normalized spacial score (nSPS) is 14.5. The quantitative estimate of drug-likeness (QED) is 0.221. The highest BCUT2D eigenvalue weighted by molar-refractivity contribution is 5.90. The Morgan fingerprint density at radius 3 is 2.81 bits per heavy atom. The minimum absolute atomic E-state index is 0.138. The molecule has 1 amide bonds. The standard InChI is InChI=1S/C28H31N5O4/c1-19-12-25(36-4)26(37-11-7-8-20(2)30-27-16-32(3)28(17-34)31-27)14-23(19)29-15-22-13-21-9-5-6-10-24(21)33(22)18-35/h5-6,9-10,12,14-18,22,30H,2,7-8,11,13H2,1,3-4H3. The van der Waals surface area contributed by atoms with E-state index in [0.29, 0.717) is 48.9 Å². The number of imidazole rings is 1. The summed E-state index contributed by atoms with van der Waals surface area (Å²) in [6, 6.07) is 11.5. The van der Waals surface area contributed by atoms with Gasteiger partial charge in [-0.25, -0.2) is 4.98 Å². The zero-order valence-corrected chi connectivity index (χ0v) is 21.3. The summed E-state index contributed by atoms with van der Waals surface area (Å²) in [5.41, 5.74) is 4.52. The topological polar surface area (TPSA) is 98.0 Å². The van der Waals surface area contributed by atoms with Gasteiger partial charge in [-0.3, -0.25) is 14.6 Å². The summed E-state index contributed by atoms with van der Waals surface area (Å²) in [5, 5.41) is 3.12. The van der Waals surface area contributed by atoms with E-state index in [4.69, 9.17) is 14.5 Å². The van der Waals surface area contributed by atoms with Gasteiger partial charge in [0.2, 0.25) is 6.41 Å². The average Bonchev–Trinajstić information content (AvgIpc) is 3.44. The predicted octanol–water partition coefficient (Wildman–Crippen LogP) is 4.62. The molecule has 1 aromatic heterocycles. The van der Waals surface area contributed by atoms with E-state index in [1.807, 2.05) is 49.5 Å². The number of aryl methyl sites for hydroxylation is 2. The smallest absolute Gasteiger partial charge is 0.214 e. The molecule has 0 saturated heterocycles. The van der Waals surface area contributed by atoms with E-state index in [-0.39, 0.29) is 6.04 Å². The summed E-state index contributed by atoms with van der Waals surface area (Å²) in [7, 11) is 3.37. The van der Waals surface area contributed by atoms with Crippen molar-refractivity contribution >= 4 is 36.1 Å². The van der Waals surface area contributed by atoms with Crippen molar-refractivity contribution < 1.29 is 19.1 Å². The molecule has 37 heavy (non-hydrogen) atoms. The van der Waals surface area contributed by atoms with Crippen molar-refractivity contribution in [3.63, 3.8) is 0 Å². The zero-order chi connectivity index (χ0) is 26.4. The first kappa shape index (κ1) is 25.7. The molecular weight excluding hydrogens is 470 g/mol. The van der Waals surface area contributed by atoms with Crippen LogP contribution in [-0.2, 0) is 18.3 Å². The number of carbonyl (C=O) groups is 2. The summed E-state index contributed by atoms with van der Waals surface area (Å²) in [5.74, 6) is 2.16. The number of hydrogen-bond acceptors (Lipinski definition) is 7. The molecule has 1 atom stereocenters. The lowest BCUT2D eigenvalue weighted by Gasteiger charge is -2.17. The highest BCUT2D eigenvalue weighted by Crippen LogP contribution is 2.35. The van der Waals surface area contributed by atoms with Gasteiger partial charge >= 0.3 is 0 Å². The van der Waals surface area contributed by atoms with Gasteiger partial charge in [-0.05, 0) is 43.0 Å². The number of aromatic nitrogens is 2. The molecule has 0 spiro atoms. The number of fused-ring (bicyclic) bond motifs is 1. The number of benzene rings is 2. The zero-order valence-electron chi connectivity index (χ0n) is 21.3. The summed E-state index contributed by atoms with van der Waals surface area (Å²) in [6.45, 7) is 6.44. The first-order valence-electron chi connectivity index (χ1n) is 12.0. The molecule has 1 aliphatic heterocycles. The first-order valence-corrected chi connectivity index (χ1v) is 12.0. The molecule has 2 heterocycles. The van der Waals surface area contributed by atoms with E-state index in [0.717, 1.165) is 41.0 Å². The van der Waals surface area contributed by atoms with Gasteiger partial charge in [0.15, 0.2) is 23.6 Å². The van der Waals surface area contributed by atoms with Crippen LogP contribution in [0.15, 0.2) is 59.9 Å². The Balaban J connectivity index is 1.36. The number of hydrogen-bond donors (Lipinski definition) is 1. The number of rotatable bonds is 12. The summed E-state index contributed by atoms with van der Waals surface area (Å²) < 4.78 is 13.2. The number of nitrogens with zero attached hydrogens (tertiary/aromatic N) is 4. The molecule has 1 unspecified atom stereocenters. The minimum Gasteiger partial charge on any atom is -0.493 e. The molecule has 0 radical (unpaired) electrons. The van der Waals surface area contributed by atoms with Crippen molar-refractivity contribution in [1.29, 1.82) is 0 Å². The van der Waals surface area contributed by atoms with Gasteiger partial charge in [0, 0.05) is 43.3 Å². The molecule has 9 heteroatoms. The third-order valence-electron chi connectivity index (χ3n) is 6.24. The van der Waals surface area contributed by atoms with Crippen molar-refractivity contribution in [3.8, 4) is 11.5 Å². The largest absolute Gasteiger partial charge is 0.493 e. The van der Waals surface area contributed by atoms with Crippen LogP contribution in [0.4, 0.5) is 17.2 Å². The van der Waals surface area contributed by atoms with Gasteiger partial charge in [0.05, 0.1) is 25.4 Å². The van der Waals surface area contributed by atoms with E-state index in [1.165, 1.54) is 0 Å². The van der Waals surface area contributed by atoms with Gasteiger partial charge in [0.1, 0.15) is 5.82 Å². The molecule has 4 rings (SSSR count). The second kappa shape index (κ2) is 11.6. The first-order chi connectivity index (χ1) is 17.9. The van der Waals surface area contributed by atoms with Crippen molar-refractivity contribution in [3.05, 3.63) is 71.8 Å². The second-order valence-corrected chi connectivity index (χ2v) is 8.87. The van der Waals surface area contributed by atoms with Crippen molar-refractivity contribution in [2.45, 2.75) is 32.2 Å². The van der Waals surface area contributed by atoms with Crippen molar-refractivity contribution in [2.24, 2.45) is 12.0 Å². The van der Waals surface area contributed by atoms with Crippen molar-refractivity contribution in [2.75, 3.05) is 23.9 Å². The number of aldehydes is 1. The van der Waals surface area contributed by atoms with Crippen LogP contribution in [-0.4, -0.2) is 48.2 Å². The fourth-order valence-electron chi connectivity index (χ4n) is 4.29. The maximum atomic E-state index is 11.7. The van der Waals surface area contributed by atoms with E-state index < -0.39 is 0 Å². The van der Waals surface area contributed by atoms with Gasteiger partial charge in [0.25, 0.3) is 0 Å². The van der Waals surface area contributed by atoms with Gasteiger partial charge in [-0.2, -0.15) is 0 Å². The lowest BCUT2D eigenvalue weighted by Crippen LogP contribution is -2.31. The van der Waals surface area contributed by atoms with Crippen LogP contribution in [0, 0.1) is 6.92 Å². The number of allylic oxidation sites excluding steroid dienone is 1. The van der Waals surface area contributed by atoms with Crippen LogP contribution < -0.4 is 19.7 Å². The number of aliphatic imine (C=N–C) groups is 1. The Kier molecular flexibility index (Phi) is 8.02. The molecule has 3 aromatic rings. The maximum absolute atomic E-state index is 11.7. The van der Waals surface area contributed by atoms with Gasteiger partial charge < -0.3 is 24.3 Å². The van der Waals surface area contributed by atoms with Crippen LogP contribution in [0.2, 0.25) is 0 Å². The Morgan fingerprint density at radius 1 is 1.27 bits per heavy atom. The van der Waals surface area contributed by atoms with Crippen molar-refractivity contribution in [1.82, 2.24) is 9.55 Å². The third-order valence-corrected chi connectivity index (χ3v) is 6.24. The summed E-state index contributed by atoms with van der Waals surface area (Å²) in [4.78, 5) is 33.3. The number of ether oxygens (including phenoxy) is 2. The average molecular weight is 502 g/mol. The highest BCUT2D eigenvalue weighted by Gasteiger charge is 2.27. The summed E-state index contributed by atoms with van der Waals surface area (Å²) in [6.07, 6.45) is 7.22. The van der Waals surface area contributed by atoms with E-state index in [1.54, 1.807) is 29.8 Å². The molecule has 0 fully saturated rings. The van der Waals surface area contributed by atoms with Crippen LogP contribution in [0.25, 0.3) is 0 Å². The van der Waals surface area contributed by atoms with Crippen LogP contribution in [0.5, 0.6) is 11.5 Å². The monoisotopic (exact) mass is 501 g/mol. The Hall–Kier alpha value is -4.40. The highest BCUT2D eigenvalue weighted by atomic mass is 16.5. The lowest BCUT2D eigenvalue weighted by molar-refractivity contribution is -0.107. The summed E-state index contributed by atoms with van der Waals surface area (Å²) >= 11 is 0. The molecule has 192 valence electrons. The maximum Gasteiger partial charge on any atom is 0.214 e. The molecule has 1 aliphatic rings.